The summed E-state index contributed by atoms with van der Waals surface area (Å²) < 4.78 is 17.1. The summed E-state index contributed by atoms with van der Waals surface area (Å²) >= 11 is 0. The van der Waals surface area contributed by atoms with Gasteiger partial charge in [-0.2, -0.15) is 4.91 Å². The number of carbonyl (C=O) groups is 1. The number of pyridine rings is 1. The lowest BCUT2D eigenvalue weighted by Crippen LogP contribution is -2.17. The van der Waals surface area contributed by atoms with Gasteiger partial charge < -0.3 is 9.67 Å². The number of hydrogen-bond acceptors (Lipinski definition) is 4. The summed E-state index contributed by atoms with van der Waals surface area (Å²) in [7, 11) is 1.60. The third-order valence-corrected chi connectivity index (χ3v) is 6.49. The molecular formula is C29H25FN2O4. The van der Waals surface area contributed by atoms with Crippen LogP contribution in [-0.4, -0.2) is 15.6 Å². The third-order valence-electron chi connectivity index (χ3n) is 6.49. The molecule has 4 rings (SSSR count). The Labute approximate surface area is 207 Å². The molecule has 0 aliphatic heterocycles. The number of aromatic nitrogens is 1. The van der Waals surface area contributed by atoms with E-state index >= 15 is 4.39 Å². The van der Waals surface area contributed by atoms with E-state index in [0.717, 1.165) is 11.1 Å². The lowest BCUT2D eigenvalue weighted by molar-refractivity contribution is 0.0697. The van der Waals surface area contributed by atoms with Gasteiger partial charge >= 0.3 is 5.97 Å². The average molecular weight is 485 g/mol. The molecule has 0 saturated carbocycles. The second kappa shape index (κ2) is 10.5. The van der Waals surface area contributed by atoms with E-state index in [0.29, 0.717) is 22.3 Å². The van der Waals surface area contributed by atoms with Crippen molar-refractivity contribution in [1.82, 2.24) is 4.57 Å². The van der Waals surface area contributed by atoms with E-state index in [1.54, 1.807) is 49.6 Å². The first-order valence-electron chi connectivity index (χ1n) is 11.5. The zero-order valence-corrected chi connectivity index (χ0v) is 19.9. The summed E-state index contributed by atoms with van der Waals surface area (Å²) in [5.74, 6) is -2.11. The van der Waals surface area contributed by atoms with Crippen molar-refractivity contribution in [2.24, 2.45) is 12.2 Å². The van der Waals surface area contributed by atoms with Crippen molar-refractivity contribution >= 4 is 5.97 Å². The highest BCUT2D eigenvalue weighted by Crippen LogP contribution is 2.39. The number of hydrogen-bond donors (Lipinski definition) is 1. The van der Waals surface area contributed by atoms with Crippen molar-refractivity contribution in [2.75, 3.05) is 0 Å². The van der Waals surface area contributed by atoms with Gasteiger partial charge in [0.15, 0.2) is 0 Å². The van der Waals surface area contributed by atoms with Crippen LogP contribution in [0.2, 0.25) is 0 Å². The molecule has 0 amide bonds. The minimum Gasteiger partial charge on any atom is -0.478 e. The molecule has 6 nitrogen and oxygen atoms in total. The molecule has 0 saturated heterocycles. The van der Waals surface area contributed by atoms with E-state index in [9.17, 15) is 19.6 Å². The van der Waals surface area contributed by atoms with E-state index < -0.39 is 23.7 Å². The van der Waals surface area contributed by atoms with E-state index in [-0.39, 0.29) is 17.5 Å². The predicted octanol–water partition coefficient (Wildman–Crippen LogP) is 6.23. The molecule has 7 heteroatoms. The Hall–Kier alpha value is -4.39. The Bertz CT molecular complexity index is 1490. The normalized spacial score (nSPS) is 12.6. The number of nitrogens with zero attached hydrogens (tertiary/aromatic N) is 2. The van der Waals surface area contributed by atoms with Crippen LogP contribution in [0.4, 0.5) is 4.39 Å². The van der Waals surface area contributed by atoms with Crippen LogP contribution < -0.4 is 5.56 Å². The van der Waals surface area contributed by atoms with Crippen molar-refractivity contribution in [3.63, 3.8) is 0 Å². The average Bonchev–Trinajstić information content (AvgIpc) is 2.87. The molecule has 0 aliphatic rings. The van der Waals surface area contributed by atoms with E-state index in [4.69, 9.17) is 0 Å². The highest BCUT2D eigenvalue weighted by molar-refractivity contribution is 5.96. The number of aryl methyl sites for hydroxylation is 2. The van der Waals surface area contributed by atoms with Crippen molar-refractivity contribution in [1.29, 1.82) is 0 Å². The second-order valence-electron chi connectivity index (χ2n) is 8.76. The maximum Gasteiger partial charge on any atom is 0.336 e. The van der Waals surface area contributed by atoms with Crippen molar-refractivity contribution in [3.8, 4) is 11.1 Å². The fourth-order valence-electron chi connectivity index (χ4n) is 4.57. The lowest BCUT2D eigenvalue weighted by Gasteiger charge is -2.24. The number of nitroso groups, excluding NO2 is 1. The SMILES string of the molecule is Cc1ccccc1C(CC(N=O)c1ccc(=O)n(C)c1)c1ccc(-c2ccccc2C(=O)O)cc1F. The van der Waals surface area contributed by atoms with Crippen LogP contribution in [0, 0.1) is 17.6 Å². The molecule has 1 N–H and O–H groups in total. The number of carboxylic acid groups (broad SMARTS) is 1. The van der Waals surface area contributed by atoms with Crippen LogP contribution >= 0.6 is 0 Å². The first-order valence-corrected chi connectivity index (χ1v) is 11.5. The third kappa shape index (κ3) is 5.00. The first kappa shape index (κ1) is 24.7. The quantitative estimate of drug-likeness (QED) is 0.300. The first-order chi connectivity index (χ1) is 17.3. The highest BCUT2D eigenvalue weighted by atomic mass is 19.1. The zero-order valence-electron chi connectivity index (χ0n) is 19.9. The number of aromatic carboxylic acids is 1. The summed E-state index contributed by atoms with van der Waals surface area (Å²) in [6, 6.07) is 20.8. The summed E-state index contributed by atoms with van der Waals surface area (Å²) in [6.07, 6.45) is 1.76. The fourth-order valence-corrected chi connectivity index (χ4v) is 4.57. The molecule has 0 radical (unpaired) electrons. The molecule has 1 heterocycles. The van der Waals surface area contributed by atoms with Gasteiger partial charge in [0.05, 0.1) is 5.56 Å². The maximum absolute atomic E-state index is 15.7. The molecule has 2 unspecified atom stereocenters. The highest BCUT2D eigenvalue weighted by Gasteiger charge is 2.26. The Kier molecular flexibility index (Phi) is 7.20. The van der Waals surface area contributed by atoms with Gasteiger partial charge in [0, 0.05) is 25.2 Å². The van der Waals surface area contributed by atoms with Gasteiger partial charge in [-0.1, -0.05) is 59.8 Å². The Morgan fingerprint density at radius 2 is 1.72 bits per heavy atom. The van der Waals surface area contributed by atoms with Crippen molar-refractivity contribution < 1.29 is 14.3 Å². The van der Waals surface area contributed by atoms with E-state index in [2.05, 4.69) is 5.18 Å². The molecule has 182 valence electrons. The van der Waals surface area contributed by atoms with Crippen LogP contribution in [0.25, 0.3) is 11.1 Å². The summed E-state index contributed by atoms with van der Waals surface area (Å²) in [5, 5.41) is 12.9. The van der Waals surface area contributed by atoms with Crippen molar-refractivity contribution in [2.45, 2.75) is 25.3 Å². The number of halogens is 1. The Morgan fingerprint density at radius 1 is 1.00 bits per heavy atom. The van der Waals surface area contributed by atoms with Crippen LogP contribution in [-0.2, 0) is 7.05 Å². The minimum absolute atomic E-state index is 0.0833. The van der Waals surface area contributed by atoms with Gasteiger partial charge in [0.2, 0.25) is 5.56 Å². The van der Waals surface area contributed by atoms with Crippen LogP contribution in [0.1, 0.15) is 51.0 Å². The molecule has 0 bridgehead atoms. The van der Waals surface area contributed by atoms with Gasteiger partial charge in [-0.15, -0.1) is 0 Å². The lowest BCUT2D eigenvalue weighted by atomic mass is 9.82. The smallest absolute Gasteiger partial charge is 0.336 e. The molecule has 1 aromatic heterocycles. The molecular weight excluding hydrogens is 459 g/mol. The van der Waals surface area contributed by atoms with E-state index in [1.807, 2.05) is 31.2 Å². The fraction of sp³-hybridized carbons (Fsp3) is 0.172. The van der Waals surface area contributed by atoms with E-state index in [1.165, 1.54) is 22.8 Å². The summed E-state index contributed by atoms with van der Waals surface area (Å²) in [5.41, 5.74) is 3.47. The number of benzene rings is 3. The minimum atomic E-state index is -1.09. The standard InChI is InChI=1S/C29H25FN2O4/c1-18-7-3-4-8-21(18)25(16-27(31-36)20-12-14-28(33)32(2)17-20)23-13-11-19(15-26(23)30)22-9-5-6-10-24(22)29(34)35/h3-15,17,25,27H,16H2,1-2H3,(H,34,35). The predicted molar refractivity (Wildman–Crippen MR) is 137 cm³/mol. The van der Waals surface area contributed by atoms with Crippen molar-refractivity contribution in [3.05, 3.63) is 134 Å². The molecule has 36 heavy (non-hydrogen) atoms. The van der Waals surface area contributed by atoms with Crippen LogP contribution in [0.15, 0.2) is 95.0 Å². The Morgan fingerprint density at radius 3 is 2.39 bits per heavy atom. The molecule has 2 atom stereocenters. The molecule has 4 aromatic rings. The van der Waals surface area contributed by atoms with Gasteiger partial charge in [-0.05, 0) is 64.9 Å². The summed E-state index contributed by atoms with van der Waals surface area (Å²) in [6.45, 7) is 1.92. The topological polar surface area (TPSA) is 88.7 Å². The monoisotopic (exact) mass is 484 g/mol. The largest absolute Gasteiger partial charge is 0.478 e. The molecule has 3 aromatic carbocycles. The van der Waals surface area contributed by atoms with Crippen LogP contribution in [0.3, 0.4) is 0 Å². The molecule has 0 aliphatic carbocycles. The molecule has 0 spiro atoms. The second-order valence-corrected chi connectivity index (χ2v) is 8.76. The van der Waals surface area contributed by atoms with Crippen LogP contribution in [0.5, 0.6) is 0 Å². The summed E-state index contributed by atoms with van der Waals surface area (Å²) in [4.78, 5) is 35.4. The van der Waals surface area contributed by atoms with Gasteiger partial charge in [-0.25, -0.2) is 9.18 Å². The van der Waals surface area contributed by atoms with Gasteiger partial charge in [0.1, 0.15) is 11.9 Å². The maximum atomic E-state index is 15.7. The number of rotatable bonds is 8. The van der Waals surface area contributed by atoms with Gasteiger partial charge in [-0.3, -0.25) is 4.79 Å². The Balaban J connectivity index is 1.80. The number of carboxylic acids is 1. The molecule has 0 fully saturated rings. The zero-order chi connectivity index (χ0) is 25.8. The van der Waals surface area contributed by atoms with Gasteiger partial charge in [0.25, 0.3) is 0 Å².